The van der Waals surface area contributed by atoms with Crippen molar-refractivity contribution in [1.29, 1.82) is 0 Å². The molecule has 0 aliphatic heterocycles. The third kappa shape index (κ3) is 1760. The molecule has 2 nitrogen and oxygen atoms in total. The molecule has 0 aromatic rings. The Balaban J connectivity index is -0.0000000750. The first-order chi connectivity index (χ1) is 3.00. The molecule has 8 heavy (non-hydrogen) atoms. The minimum atomic E-state index is 0. The van der Waals surface area contributed by atoms with Crippen LogP contribution in [-0.2, 0) is 25.9 Å². The van der Waals surface area contributed by atoms with Crippen LogP contribution in [0, 0.1) is 0 Å². The van der Waals surface area contributed by atoms with Gasteiger partial charge in [-0.3, -0.25) is 0 Å². The molecule has 50 valence electrons. The SMILES string of the molecule is C=O.CC(C)(C)N.[W]. The van der Waals surface area contributed by atoms with Crippen molar-refractivity contribution in [2.75, 3.05) is 0 Å². The molecule has 3 heteroatoms. The molecule has 0 aliphatic rings. The smallest absolute Gasteiger partial charge is 0.106 e. The van der Waals surface area contributed by atoms with Gasteiger partial charge in [0.05, 0.1) is 0 Å². The summed E-state index contributed by atoms with van der Waals surface area (Å²) in [6, 6.07) is 0. The van der Waals surface area contributed by atoms with E-state index in [0.717, 1.165) is 0 Å². The molecule has 0 radical (unpaired) electrons. The zero-order valence-electron chi connectivity index (χ0n) is 5.60. The average Bonchev–Trinajstić information content (AvgIpc) is 1.36. The minimum Gasteiger partial charge on any atom is -0.326 e. The normalized spacial score (nSPS) is 8.00. The van der Waals surface area contributed by atoms with Gasteiger partial charge in [-0.15, -0.1) is 0 Å². The molecule has 0 aromatic heterocycles. The van der Waals surface area contributed by atoms with E-state index in [1.807, 2.05) is 27.6 Å². The monoisotopic (exact) mass is 287 g/mol. The van der Waals surface area contributed by atoms with Crippen LogP contribution < -0.4 is 5.73 Å². The summed E-state index contributed by atoms with van der Waals surface area (Å²) in [4.78, 5) is 8.00. The van der Waals surface area contributed by atoms with E-state index in [4.69, 9.17) is 10.5 Å². The molecule has 0 saturated heterocycles. The summed E-state index contributed by atoms with van der Waals surface area (Å²) in [6.45, 7) is 7.90. The summed E-state index contributed by atoms with van der Waals surface area (Å²) in [5.41, 5.74) is 5.35. The van der Waals surface area contributed by atoms with Crippen LogP contribution in [0.3, 0.4) is 0 Å². The summed E-state index contributed by atoms with van der Waals surface area (Å²) in [5.74, 6) is 0. The van der Waals surface area contributed by atoms with Gasteiger partial charge in [-0.2, -0.15) is 0 Å². The predicted octanol–water partition coefficient (Wildman–Crippen LogP) is 0.556. The van der Waals surface area contributed by atoms with Gasteiger partial charge in [-0.25, -0.2) is 0 Å². The quantitative estimate of drug-likeness (QED) is 0.707. The topological polar surface area (TPSA) is 43.1 Å². The van der Waals surface area contributed by atoms with E-state index in [9.17, 15) is 0 Å². The van der Waals surface area contributed by atoms with Gasteiger partial charge in [-0.1, -0.05) is 0 Å². The molecule has 0 atom stereocenters. The summed E-state index contributed by atoms with van der Waals surface area (Å²) in [5, 5.41) is 0. The number of rotatable bonds is 0. The fourth-order valence-electron chi connectivity index (χ4n) is 0. The molecule has 0 spiro atoms. The van der Waals surface area contributed by atoms with Crippen molar-refractivity contribution in [3.05, 3.63) is 0 Å². The van der Waals surface area contributed by atoms with Crippen molar-refractivity contribution in [1.82, 2.24) is 0 Å². The summed E-state index contributed by atoms with van der Waals surface area (Å²) >= 11 is 0. The first kappa shape index (κ1) is 15.8. The number of carbonyl (C=O) groups excluding carboxylic acids is 1. The Morgan fingerprint density at radius 2 is 1.25 bits per heavy atom. The Labute approximate surface area is 65.1 Å². The molecule has 0 fully saturated rings. The van der Waals surface area contributed by atoms with Crippen LogP contribution in [0.15, 0.2) is 0 Å². The maximum absolute atomic E-state index is 8.00. The van der Waals surface area contributed by atoms with E-state index < -0.39 is 0 Å². The van der Waals surface area contributed by atoms with E-state index in [0.29, 0.717) is 0 Å². The van der Waals surface area contributed by atoms with Crippen molar-refractivity contribution in [3.63, 3.8) is 0 Å². The second kappa shape index (κ2) is 7.32. The number of nitrogens with two attached hydrogens (primary N) is 1. The second-order valence-corrected chi connectivity index (χ2v) is 2.37. The molecule has 0 rings (SSSR count). The molecule has 0 unspecified atom stereocenters. The average molecular weight is 287 g/mol. The van der Waals surface area contributed by atoms with Crippen molar-refractivity contribution in [3.8, 4) is 0 Å². The molecule has 0 bridgehead atoms. The zero-order valence-corrected chi connectivity index (χ0v) is 8.53. The van der Waals surface area contributed by atoms with Gasteiger partial charge in [0.1, 0.15) is 6.79 Å². The van der Waals surface area contributed by atoms with Crippen LogP contribution in [0.1, 0.15) is 20.8 Å². The van der Waals surface area contributed by atoms with E-state index >= 15 is 0 Å². The Bertz CT molecular complexity index is 36.2. The standard InChI is InChI=1S/C4H11N.CH2O.W/c1-4(2,3)5;1-2;/h5H2,1-3H3;1H2;. The molecule has 2 N–H and O–H groups in total. The van der Waals surface area contributed by atoms with Crippen LogP contribution in [-0.4, -0.2) is 12.3 Å². The summed E-state index contributed by atoms with van der Waals surface area (Å²) < 4.78 is 0. The molecule has 0 saturated carbocycles. The van der Waals surface area contributed by atoms with Gasteiger partial charge < -0.3 is 10.5 Å². The molecule has 0 amide bonds. The first-order valence-electron chi connectivity index (χ1n) is 2.08. The van der Waals surface area contributed by atoms with E-state index in [-0.39, 0.29) is 26.6 Å². The van der Waals surface area contributed by atoms with E-state index in [1.165, 1.54) is 0 Å². The molecular formula is C5H13NOW. The maximum atomic E-state index is 8.00. The predicted molar refractivity (Wildman–Crippen MR) is 31.1 cm³/mol. The Kier molecular flexibility index (Phi) is 14.4. The third-order valence-corrected chi connectivity index (χ3v) is 0. The van der Waals surface area contributed by atoms with Gasteiger partial charge in [0.25, 0.3) is 0 Å². The van der Waals surface area contributed by atoms with Crippen molar-refractivity contribution in [2.24, 2.45) is 5.73 Å². The van der Waals surface area contributed by atoms with Crippen molar-refractivity contribution >= 4 is 6.79 Å². The Morgan fingerprint density at radius 3 is 1.25 bits per heavy atom. The third-order valence-electron chi connectivity index (χ3n) is 0. The number of hydrogen-bond acceptors (Lipinski definition) is 2. The molecule has 0 heterocycles. The summed E-state index contributed by atoms with van der Waals surface area (Å²) in [6.07, 6.45) is 0. The molecular weight excluding hydrogens is 274 g/mol. The van der Waals surface area contributed by atoms with Crippen LogP contribution >= 0.6 is 0 Å². The fraction of sp³-hybridized carbons (Fsp3) is 0.800. The number of hydrogen-bond donors (Lipinski definition) is 1. The maximum Gasteiger partial charge on any atom is 0.106 e. The minimum absolute atomic E-state index is 0. The Morgan fingerprint density at radius 1 is 1.25 bits per heavy atom. The van der Waals surface area contributed by atoms with Crippen LogP contribution in [0.2, 0.25) is 0 Å². The van der Waals surface area contributed by atoms with Crippen LogP contribution in [0.4, 0.5) is 0 Å². The van der Waals surface area contributed by atoms with E-state index in [1.54, 1.807) is 0 Å². The molecule has 0 aliphatic carbocycles. The Hall–Kier alpha value is 0.318. The van der Waals surface area contributed by atoms with Gasteiger partial charge in [0.15, 0.2) is 0 Å². The second-order valence-electron chi connectivity index (χ2n) is 2.37. The van der Waals surface area contributed by atoms with Gasteiger partial charge >= 0.3 is 0 Å². The van der Waals surface area contributed by atoms with Crippen LogP contribution in [0.5, 0.6) is 0 Å². The van der Waals surface area contributed by atoms with Crippen molar-refractivity contribution in [2.45, 2.75) is 26.3 Å². The molecule has 0 aromatic carbocycles. The fourth-order valence-corrected chi connectivity index (χ4v) is 0. The summed E-state index contributed by atoms with van der Waals surface area (Å²) in [7, 11) is 0. The zero-order chi connectivity index (χ0) is 6.50. The van der Waals surface area contributed by atoms with Gasteiger partial charge in [0, 0.05) is 26.6 Å². The van der Waals surface area contributed by atoms with Crippen LogP contribution in [0.25, 0.3) is 0 Å². The van der Waals surface area contributed by atoms with E-state index in [2.05, 4.69) is 0 Å². The van der Waals surface area contributed by atoms with Gasteiger partial charge in [0.2, 0.25) is 0 Å². The largest absolute Gasteiger partial charge is 0.326 e. The van der Waals surface area contributed by atoms with Gasteiger partial charge in [-0.05, 0) is 20.8 Å². The number of carbonyl (C=O) groups is 1. The first-order valence-corrected chi connectivity index (χ1v) is 2.08. The van der Waals surface area contributed by atoms with Crippen molar-refractivity contribution < 1.29 is 25.9 Å².